The number of carbonyl (C=O) groups excluding carboxylic acids is 3. The number of Topliss-reactive ketones (excluding diaryl/α,β-unsaturated/α-hetero) is 1. The van der Waals surface area contributed by atoms with Gasteiger partial charge in [0.25, 0.3) is 5.91 Å². The van der Waals surface area contributed by atoms with E-state index in [1.165, 1.54) is 15.8 Å². The molecule has 1 fully saturated rings. The van der Waals surface area contributed by atoms with Gasteiger partial charge in [0.05, 0.1) is 6.20 Å². The molecule has 0 bridgehead atoms. The second-order valence-corrected chi connectivity index (χ2v) is 6.97. The van der Waals surface area contributed by atoms with Crippen molar-refractivity contribution >= 4 is 23.3 Å². The van der Waals surface area contributed by atoms with Gasteiger partial charge in [-0.2, -0.15) is 0 Å². The van der Waals surface area contributed by atoms with Crippen LogP contribution in [0.25, 0.3) is 0 Å². The summed E-state index contributed by atoms with van der Waals surface area (Å²) >= 11 is 0. The lowest BCUT2D eigenvalue weighted by atomic mass is 10.1. The van der Waals surface area contributed by atoms with Gasteiger partial charge in [0, 0.05) is 51.5 Å². The highest BCUT2D eigenvalue weighted by molar-refractivity contribution is 5.94. The highest BCUT2D eigenvalue weighted by Gasteiger charge is 2.24. The van der Waals surface area contributed by atoms with Crippen LogP contribution in [-0.2, 0) is 11.3 Å². The van der Waals surface area contributed by atoms with Crippen LogP contribution in [0.5, 0.6) is 0 Å². The highest BCUT2D eigenvalue weighted by Crippen LogP contribution is 2.18. The topological polar surface area (TPSA) is 91.6 Å². The zero-order valence-corrected chi connectivity index (χ0v) is 16.3. The SMILES string of the molecule is CC(=O)c1ccc(N2CCN(C(=O)c3cn(CC(=O)N(C)C)nn3)CC2)cc1. The summed E-state index contributed by atoms with van der Waals surface area (Å²) in [6.45, 7) is 4.12. The summed E-state index contributed by atoms with van der Waals surface area (Å²) in [7, 11) is 3.33. The van der Waals surface area contributed by atoms with E-state index in [4.69, 9.17) is 0 Å². The number of hydrogen-bond donors (Lipinski definition) is 0. The summed E-state index contributed by atoms with van der Waals surface area (Å²) in [5.74, 6) is -0.259. The molecule has 2 amide bonds. The lowest BCUT2D eigenvalue weighted by molar-refractivity contribution is -0.129. The maximum Gasteiger partial charge on any atom is 0.276 e. The molecule has 9 heteroatoms. The number of amides is 2. The molecular formula is C19H24N6O3. The van der Waals surface area contributed by atoms with E-state index in [0.29, 0.717) is 31.7 Å². The molecule has 1 aliphatic heterocycles. The van der Waals surface area contributed by atoms with Gasteiger partial charge < -0.3 is 14.7 Å². The summed E-state index contributed by atoms with van der Waals surface area (Å²) < 4.78 is 1.38. The quantitative estimate of drug-likeness (QED) is 0.699. The van der Waals surface area contributed by atoms with Crippen molar-refractivity contribution in [3.05, 3.63) is 41.7 Å². The predicted molar refractivity (Wildman–Crippen MR) is 103 cm³/mol. The van der Waals surface area contributed by atoms with E-state index in [1.807, 2.05) is 24.3 Å². The third-order valence-corrected chi connectivity index (χ3v) is 4.76. The zero-order chi connectivity index (χ0) is 20.3. The largest absolute Gasteiger partial charge is 0.368 e. The Morgan fingerprint density at radius 2 is 1.68 bits per heavy atom. The number of likely N-dealkylation sites (N-methyl/N-ethyl adjacent to an activating group) is 1. The van der Waals surface area contributed by atoms with Crippen LogP contribution in [0.4, 0.5) is 5.69 Å². The Hall–Kier alpha value is -3.23. The molecule has 0 unspecified atom stereocenters. The Kier molecular flexibility index (Phi) is 5.72. The van der Waals surface area contributed by atoms with Crippen molar-refractivity contribution < 1.29 is 14.4 Å². The van der Waals surface area contributed by atoms with Crippen LogP contribution in [0, 0.1) is 0 Å². The lowest BCUT2D eigenvalue weighted by Crippen LogP contribution is -2.48. The van der Waals surface area contributed by atoms with Gasteiger partial charge in [0.15, 0.2) is 11.5 Å². The Morgan fingerprint density at radius 1 is 1.04 bits per heavy atom. The fraction of sp³-hybridized carbons (Fsp3) is 0.421. The van der Waals surface area contributed by atoms with Crippen LogP contribution < -0.4 is 4.90 Å². The number of benzene rings is 1. The van der Waals surface area contributed by atoms with Gasteiger partial charge in [-0.3, -0.25) is 14.4 Å². The number of hydrogen-bond acceptors (Lipinski definition) is 6. The molecule has 28 heavy (non-hydrogen) atoms. The molecule has 0 atom stereocenters. The van der Waals surface area contributed by atoms with E-state index < -0.39 is 0 Å². The normalized spacial score (nSPS) is 14.1. The van der Waals surface area contributed by atoms with Gasteiger partial charge in [0.2, 0.25) is 5.91 Å². The molecular weight excluding hydrogens is 360 g/mol. The Bertz CT molecular complexity index is 866. The standard InChI is InChI=1S/C19H24N6O3/c1-14(26)15-4-6-16(7-5-15)23-8-10-24(11-9-23)19(28)17-12-25(21-20-17)13-18(27)22(2)3/h4-7,12H,8-11,13H2,1-3H3. The minimum absolute atomic E-state index is 0.0438. The van der Waals surface area contributed by atoms with Gasteiger partial charge >= 0.3 is 0 Å². The average Bonchev–Trinajstić information content (AvgIpc) is 3.16. The number of rotatable bonds is 5. The van der Waals surface area contributed by atoms with Crippen LogP contribution in [0.15, 0.2) is 30.5 Å². The molecule has 148 valence electrons. The maximum absolute atomic E-state index is 12.7. The molecule has 2 aromatic rings. The summed E-state index contributed by atoms with van der Waals surface area (Å²) in [6.07, 6.45) is 1.51. The van der Waals surface area contributed by atoms with E-state index in [0.717, 1.165) is 5.69 Å². The Labute approximate surface area is 163 Å². The van der Waals surface area contributed by atoms with Gasteiger partial charge in [-0.25, -0.2) is 4.68 Å². The molecule has 0 aliphatic carbocycles. The van der Waals surface area contributed by atoms with E-state index >= 15 is 0 Å². The van der Waals surface area contributed by atoms with Crippen molar-refractivity contribution in [3.63, 3.8) is 0 Å². The maximum atomic E-state index is 12.7. The number of ketones is 1. The summed E-state index contributed by atoms with van der Waals surface area (Å²) in [6, 6.07) is 7.51. The molecule has 0 spiro atoms. The molecule has 0 saturated carbocycles. The van der Waals surface area contributed by atoms with Crippen molar-refractivity contribution in [1.82, 2.24) is 24.8 Å². The summed E-state index contributed by atoms with van der Waals surface area (Å²) in [5.41, 5.74) is 1.96. The van der Waals surface area contributed by atoms with E-state index in [-0.39, 0.29) is 29.8 Å². The van der Waals surface area contributed by atoms with Crippen LogP contribution in [0.1, 0.15) is 27.8 Å². The highest BCUT2D eigenvalue weighted by atomic mass is 16.2. The van der Waals surface area contributed by atoms with Gasteiger partial charge in [-0.1, -0.05) is 5.21 Å². The number of piperazine rings is 1. The van der Waals surface area contributed by atoms with E-state index in [9.17, 15) is 14.4 Å². The first-order valence-corrected chi connectivity index (χ1v) is 9.10. The summed E-state index contributed by atoms with van der Waals surface area (Å²) in [4.78, 5) is 41.2. The average molecular weight is 384 g/mol. The first-order chi connectivity index (χ1) is 13.3. The first kappa shape index (κ1) is 19.5. The van der Waals surface area contributed by atoms with Crippen molar-refractivity contribution in [2.75, 3.05) is 45.2 Å². The van der Waals surface area contributed by atoms with Crippen LogP contribution in [0.2, 0.25) is 0 Å². The number of anilines is 1. The first-order valence-electron chi connectivity index (χ1n) is 9.10. The molecule has 0 N–H and O–H groups in total. The summed E-state index contributed by atoms with van der Waals surface area (Å²) in [5, 5.41) is 7.79. The third-order valence-electron chi connectivity index (χ3n) is 4.76. The second-order valence-electron chi connectivity index (χ2n) is 6.97. The van der Waals surface area contributed by atoms with Crippen molar-refractivity contribution in [1.29, 1.82) is 0 Å². The minimum atomic E-state index is -0.185. The number of aromatic nitrogens is 3. The smallest absolute Gasteiger partial charge is 0.276 e. The molecule has 3 rings (SSSR count). The number of carbonyl (C=O) groups is 3. The third kappa shape index (κ3) is 4.36. The minimum Gasteiger partial charge on any atom is -0.368 e. The monoisotopic (exact) mass is 384 g/mol. The zero-order valence-electron chi connectivity index (χ0n) is 16.3. The van der Waals surface area contributed by atoms with Crippen LogP contribution in [0.3, 0.4) is 0 Å². The lowest BCUT2D eigenvalue weighted by Gasteiger charge is -2.35. The van der Waals surface area contributed by atoms with E-state index in [1.54, 1.807) is 25.9 Å². The van der Waals surface area contributed by atoms with Crippen molar-refractivity contribution in [3.8, 4) is 0 Å². The van der Waals surface area contributed by atoms with Gasteiger partial charge in [-0.05, 0) is 31.2 Å². The van der Waals surface area contributed by atoms with Crippen LogP contribution in [-0.4, -0.2) is 82.7 Å². The molecule has 1 aliphatic rings. The van der Waals surface area contributed by atoms with Crippen molar-refractivity contribution in [2.24, 2.45) is 0 Å². The molecule has 1 saturated heterocycles. The predicted octanol–water partition coefficient (Wildman–Crippen LogP) is 0.531. The fourth-order valence-corrected chi connectivity index (χ4v) is 2.99. The van der Waals surface area contributed by atoms with E-state index in [2.05, 4.69) is 15.2 Å². The molecule has 1 aromatic heterocycles. The van der Waals surface area contributed by atoms with Crippen LogP contribution >= 0.6 is 0 Å². The molecule has 1 aromatic carbocycles. The van der Waals surface area contributed by atoms with Gasteiger partial charge in [-0.15, -0.1) is 5.10 Å². The Morgan fingerprint density at radius 3 is 2.25 bits per heavy atom. The molecule has 2 heterocycles. The van der Waals surface area contributed by atoms with Gasteiger partial charge in [0.1, 0.15) is 6.54 Å². The number of nitrogens with zero attached hydrogens (tertiary/aromatic N) is 6. The van der Waals surface area contributed by atoms with Crippen molar-refractivity contribution in [2.45, 2.75) is 13.5 Å². The molecule has 9 nitrogen and oxygen atoms in total. The fourth-order valence-electron chi connectivity index (χ4n) is 2.99. The Balaban J connectivity index is 1.57. The second kappa shape index (κ2) is 8.20. The molecule has 0 radical (unpaired) electrons.